The molecule has 27 heavy (non-hydrogen) atoms. The van der Waals surface area contributed by atoms with Crippen molar-refractivity contribution in [2.75, 3.05) is 0 Å². The summed E-state index contributed by atoms with van der Waals surface area (Å²) in [6.45, 7) is 3.38. The molecule has 3 rings (SSSR count). The van der Waals surface area contributed by atoms with E-state index in [4.69, 9.17) is 27.9 Å². The van der Waals surface area contributed by atoms with Crippen LogP contribution in [0.4, 0.5) is 0 Å². The number of H-pyrrole nitrogens is 1. The van der Waals surface area contributed by atoms with E-state index in [1.807, 2.05) is 31.2 Å². The second-order valence-corrected chi connectivity index (χ2v) is 6.96. The Bertz CT molecular complexity index is 1050. The fourth-order valence-corrected chi connectivity index (χ4v) is 3.33. The Balaban J connectivity index is 1.73. The molecule has 0 aliphatic heterocycles. The number of hydrogen-bond donors (Lipinski definition) is 1. The number of para-hydroxylation sites is 1. The number of aromatic nitrogens is 1. The Morgan fingerprint density at radius 1 is 1.15 bits per heavy atom. The number of nitrogens with one attached hydrogen (secondary N) is 1. The van der Waals surface area contributed by atoms with Crippen LogP contribution in [0.2, 0.25) is 10.0 Å². The van der Waals surface area contributed by atoms with Gasteiger partial charge in [0.05, 0.1) is 0 Å². The molecule has 6 heteroatoms. The number of fused-ring (bicyclic) bond motifs is 1. The van der Waals surface area contributed by atoms with Crippen LogP contribution in [0.25, 0.3) is 17.0 Å². The van der Waals surface area contributed by atoms with Crippen LogP contribution in [0, 0.1) is 6.92 Å². The number of carbonyl (C=O) groups is 2. The quantitative estimate of drug-likeness (QED) is 0.343. The number of ether oxygens (including phenoxy) is 1. The molecule has 0 radical (unpaired) electrons. The molecular formula is C21H17Cl2NO3. The van der Waals surface area contributed by atoms with Gasteiger partial charge in [0, 0.05) is 38.3 Å². The van der Waals surface area contributed by atoms with Gasteiger partial charge in [0.25, 0.3) is 0 Å². The molecule has 0 amide bonds. The summed E-state index contributed by atoms with van der Waals surface area (Å²) in [4.78, 5) is 28.0. The standard InChI is InChI=1S/C21H17Cl2NO3/c1-12-20(16-5-3-4-6-18(16)24-12)21(26)13(2)27-19(25)10-8-14-7-9-15(22)11-17(14)23/h3-11,13,24H,1-2H3/b10-8+/t13-/m0/s1. The third-order valence-corrected chi connectivity index (χ3v) is 4.73. The van der Waals surface area contributed by atoms with Gasteiger partial charge in [-0.25, -0.2) is 4.79 Å². The highest BCUT2D eigenvalue weighted by Crippen LogP contribution is 2.24. The van der Waals surface area contributed by atoms with Crippen molar-refractivity contribution in [3.63, 3.8) is 0 Å². The lowest BCUT2D eigenvalue weighted by Crippen LogP contribution is -2.24. The van der Waals surface area contributed by atoms with E-state index in [0.717, 1.165) is 16.6 Å². The molecule has 1 atom stereocenters. The summed E-state index contributed by atoms with van der Waals surface area (Å²) in [7, 11) is 0. The Kier molecular flexibility index (Phi) is 5.68. The first-order valence-electron chi connectivity index (χ1n) is 8.32. The zero-order chi connectivity index (χ0) is 19.6. The van der Waals surface area contributed by atoms with Gasteiger partial charge in [-0.05, 0) is 43.7 Å². The zero-order valence-corrected chi connectivity index (χ0v) is 16.3. The number of aromatic amines is 1. The number of halogens is 2. The van der Waals surface area contributed by atoms with Gasteiger partial charge in [0.1, 0.15) is 0 Å². The van der Waals surface area contributed by atoms with E-state index in [1.165, 1.54) is 12.2 Å². The number of rotatable bonds is 5. The Labute approximate surface area is 166 Å². The third kappa shape index (κ3) is 4.24. The molecule has 1 aromatic heterocycles. The lowest BCUT2D eigenvalue weighted by atomic mass is 10.0. The maximum Gasteiger partial charge on any atom is 0.331 e. The van der Waals surface area contributed by atoms with Crippen LogP contribution in [0.15, 0.2) is 48.5 Å². The molecule has 0 aliphatic rings. The van der Waals surface area contributed by atoms with E-state index in [-0.39, 0.29) is 5.78 Å². The molecule has 1 heterocycles. The number of carbonyl (C=O) groups excluding carboxylic acids is 2. The number of aryl methyl sites for hydroxylation is 1. The first-order chi connectivity index (χ1) is 12.9. The van der Waals surface area contributed by atoms with E-state index >= 15 is 0 Å². The summed E-state index contributed by atoms with van der Waals surface area (Å²) in [6, 6.07) is 12.5. The van der Waals surface area contributed by atoms with E-state index < -0.39 is 12.1 Å². The molecule has 2 aromatic carbocycles. The van der Waals surface area contributed by atoms with E-state index in [0.29, 0.717) is 21.2 Å². The number of hydrogen-bond acceptors (Lipinski definition) is 3. The second-order valence-electron chi connectivity index (χ2n) is 6.11. The average molecular weight is 402 g/mol. The third-order valence-electron chi connectivity index (χ3n) is 4.16. The molecule has 3 aromatic rings. The molecule has 0 saturated heterocycles. The number of benzene rings is 2. The van der Waals surface area contributed by atoms with Crippen LogP contribution in [-0.4, -0.2) is 22.8 Å². The summed E-state index contributed by atoms with van der Waals surface area (Å²) in [5.41, 5.74) is 2.78. The van der Waals surface area contributed by atoms with Crippen LogP contribution in [0.1, 0.15) is 28.5 Å². The minimum absolute atomic E-state index is 0.253. The predicted molar refractivity (Wildman–Crippen MR) is 108 cm³/mol. The number of esters is 1. The Morgan fingerprint density at radius 2 is 1.89 bits per heavy atom. The van der Waals surface area contributed by atoms with Gasteiger partial charge in [0.2, 0.25) is 5.78 Å². The molecule has 138 valence electrons. The SMILES string of the molecule is Cc1[nH]c2ccccc2c1C(=O)[C@H](C)OC(=O)/C=C/c1ccc(Cl)cc1Cl. The van der Waals surface area contributed by atoms with E-state index in [9.17, 15) is 9.59 Å². The van der Waals surface area contributed by atoms with Crippen LogP contribution in [0.5, 0.6) is 0 Å². The molecule has 0 unspecified atom stereocenters. The molecule has 4 nitrogen and oxygen atoms in total. The van der Waals surface area contributed by atoms with Gasteiger partial charge in [0.15, 0.2) is 6.10 Å². The van der Waals surface area contributed by atoms with Crippen molar-refractivity contribution >= 4 is 51.9 Å². The van der Waals surface area contributed by atoms with Crippen LogP contribution < -0.4 is 0 Å². The highest BCUT2D eigenvalue weighted by Gasteiger charge is 2.23. The normalized spacial score (nSPS) is 12.4. The van der Waals surface area contributed by atoms with Gasteiger partial charge in [-0.15, -0.1) is 0 Å². The van der Waals surface area contributed by atoms with Crippen molar-refractivity contribution in [2.24, 2.45) is 0 Å². The zero-order valence-electron chi connectivity index (χ0n) is 14.8. The maximum atomic E-state index is 12.8. The molecule has 0 fully saturated rings. The van der Waals surface area contributed by atoms with Gasteiger partial charge >= 0.3 is 5.97 Å². The Morgan fingerprint density at radius 3 is 2.63 bits per heavy atom. The number of Topliss-reactive ketones (excluding diaryl/α,β-unsaturated/α-hetero) is 1. The van der Waals surface area contributed by atoms with Gasteiger partial charge in [-0.3, -0.25) is 4.79 Å². The summed E-state index contributed by atoms with van der Waals surface area (Å²) in [5, 5.41) is 1.74. The van der Waals surface area contributed by atoms with Crippen LogP contribution >= 0.6 is 23.2 Å². The fraction of sp³-hybridized carbons (Fsp3) is 0.143. The lowest BCUT2D eigenvalue weighted by Gasteiger charge is -2.11. The van der Waals surface area contributed by atoms with Crippen LogP contribution in [0.3, 0.4) is 0 Å². The van der Waals surface area contributed by atoms with Crippen molar-refractivity contribution in [2.45, 2.75) is 20.0 Å². The first-order valence-corrected chi connectivity index (χ1v) is 9.07. The smallest absolute Gasteiger partial charge is 0.331 e. The van der Waals surface area contributed by atoms with Gasteiger partial charge in [-0.2, -0.15) is 0 Å². The van der Waals surface area contributed by atoms with Crippen molar-refractivity contribution in [3.8, 4) is 0 Å². The van der Waals surface area contributed by atoms with Crippen molar-refractivity contribution in [1.82, 2.24) is 4.98 Å². The molecule has 0 aliphatic carbocycles. The van der Waals surface area contributed by atoms with Crippen molar-refractivity contribution in [1.29, 1.82) is 0 Å². The topological polar surface area (TPSA) is 59.2 Å². The monoisotopic (exact) mass is 401 g/mol. The number of ketones is 1. The molecule has 0 bridgehead atoms. The molecule has 0 spiro atoms. The maximum absolute atomic E-state index is 12.8. The summed E-state index contributed by atoms with van der Waals surface area (Å²) in [6.07, 6.45) is 1.84. The Hall–Kier alpha value is -2.56. The minimum atomic E-state index is -0.916. The van der Waals surface area contributed by atoms with Crippen LogP contribution in [-0.2, 0) is 9.53 Å². The highest BCUT2D eigenvalue weighted by molar-refractivity contribution is 6.35. The van der Waals surface area contributed by atoms with Gasteiger partial charge < -0.3 is 9.72 Å². The molecular weight excluding hydrogens is 385 g/mol. The first kappa shape index (κ1) is 19.2. The largest absolute Gasteiger partial charge is 0.451 e. The average Bonchev–Trinajstić information content (AvgIpc) is 2.96. The van der Waals surface area contributed by atoms with Crippen molar-refractivity contribution in [3.05, 3.63) is 75.4 Å². The predicted octanol–water partition coefficient (Wildman–Crippen LogP) is 5.61. The highest BCUT2D eigenvalue weighted by atomic mass is 35.5. The minimum Gasteiger partial charge on any atom is -0.451 e. The second kappa shape index (κ2) is 7.99. The van der Waals surface area contributed by atoms with Crippen molar-refractivity contribution < 1.29 is 14.3 Å². The molecule has 1 N–H and O–H groups in total. The van der Waals surface area contributed by atoms with E-state index in [2.05, 4.69) is 4.98 Å². The van der Waals surface area contributed by atoms with Gasteiger partial charge in [-0.1, -0.05) is 47.5 Å². The molecule has 0 saturated carbocycles. The summed E-state index contributed by atoms with van der Waals surface area (Å²) >= 11 is 11.9. The summed E-state index contributed by atoms with van der Waals surface area (Å²) < 4.78 is 5.27. The fourth-order valence-electron chi connectivity index (χ4n) is 2.86. The summed E-state index contributed by atoms with van der Waals surface area (Å²) in [5.74, 6) is -0.879. The van der Waals surface area contributed by atoms with E-state index in [1.54, 1.807) is 25.1 Å². The lowest BCUT2D eigenvalue weighted by molar-refractivity contribution is -0.140.